The van der Waals surface area contributed by atoms with Crippen molar-refractivity contribution in [1.82, 2.24) is 5.01 Å². The largest absolute Gasteiger partial charge is 0.434 e. The van der Waals surface area contributed by atoms with Crippen LogP contribution in [0.5, 0.6) is 0 Å². The van der Waals surface area contributed by atoms with E-state index in [1.807, 2.05) is 0 Å². The van der Waals surface area contributed by atoms with E-state index in [2.05, 4.69) is 0 Å². The van der Waals surface area contributed by atoms with Crippen molar-refractivity contribution in [2.75, 3.05) is 7.05 Å². The Bertz CT molecular complexity index is 617. The van der Waals surface area contributed by atoms with Gasteiger partial charge >= 0.3 is 11.9 Å². The maximum atomic E-state index is 11.9. The van der Waals surface area contributed by atoms with Crippen LogP contribution in [0.15, 0.2) is 24.3 Å². The highest BCUT2D eigenvalue weighted by molar-refractivity contribution is 5.79. The molecule has 3 N–H and O–H groups in total. The van der Waals surface area contributed by atoms with Crippen LogP contribution in [0.1, 0.15) is 24.0 Å². The monoisotopic (exact) mass is 292 g/mol. The summed E-state index contributed by atoms with van der Waals surface area (Å²) in [6.45, 7) is 0. The average Bonchev–Trinajstić information content (AvgIpc) is 2.66. The molecule has 2 atom stereocenters. The quantitative estimate of drug-likeness (QED) is 0.419. The van der Waals surface area contributed by atoms with Crippen LogP contribution in [0.2, 0.25) is 0 Å². The third kappa shape index (κ3) is 1.85. The minimum absolute atomic E-state index is 0.110. The van der Waals surface area contributed by atoms with Gasteiger partial charge in [0.2, 0.25) is 0 Å². The number of hydrogen-bond donors (Lipinski definition) is 2. The molecule has 1 fully saturated rings. The van der Waals surface area contributed by atoms with Crippen molar-refractivity contribution >= 4 is 11.9 Å². The van der Waals surface area contributed by atoms with Crippen LogP contribution in [0.4, 0.5) is 0 Å². The van der Waals surface area contributed by atoms with Gasteiger partial charge in [-0.3, -0.25) is 15.4 Å². The summed E-state index contributed by atoms with van der Waals surface area (Å²) in [6, 6.07) is 6.89. The van der Waals surface area contributed by atoms with Crippen molar-refractivity contribution in [3.63, 3.8) is 0 Å². The van der Waals surface area contributed by atoms with Gasteiger partial charge in [0.25, 0.3) is 11.5 Å². The molecular weight excluding hydrogens is 276 g/mol. The summed E-state index contributed by atoms with van der Waals surface area (Å²) >= 11 is 0. The Kier molecular flexibility index (Phi) is 3.01. The van der Waals surface area contributed by atoms with Crippen LogP contribution in [0.25, 0.3) is 0 Å². The molecule has 2 aliphatic rings. The molecule has 112 valence electrons. The number of ether oxygens (including phenoxy) is 2. The number of nitrogens with zero attached hydrogens (tertiary/aromatic N) is 1. The van der Waals surface area contributed by atoms with Crippen LogP contribution in [-0.4, -0.2) is 34.8 Å². The van der Waals surface area contributed by atoms with Crippen LogP contribution in [-0.2, 0) is 31.3 Å². The van der Waals surface area contributed by atoms with E-state index in [0.717, 1.165) is 5.01 Å². The van der Waals surface area contributed by atoms with Crippen LogP contribution in [0.3, 0.4) is 0 Å². The molecule has 21 heavy (non-hydrogen) atoms. The van der Waals surface area contributed by atoms with Gasteiger partial charge in [-0.2, -0.15) is 0 Å². The molecule has 1 aliphatic carbocycles. The molecular formula is C14H16N2O5. The number of carbonyl (C=O) groups excluding carboxylic acids is 2. The smallest absolute Gasteiger partial charge is 0.309 e. The standard InChI is InChI=1S/C14H16N2O5/c1-16(15)13-8-9-4-2-3-5-10(9)14(13,19)21-12(18)7-6-11(17)20-13/h2-5,19H,6-8,15H2,1H3/t13-,14-/m0/s1. The number of benzene rings is 1. The summed E-state index contributed by atoms with van der Waals surface area (Å²) in [7, 11) is 1.46. The summed E-state index contributed by atoms with van der Waals surface area (Å²) in [5.74, 6) is 2.44. The molecule has 7 nitrogen and oxygen atoms in total. The zero-order valence-corrected chi connectivity index (χ0v) is 11.5. The predicted molar refractivity (Wildman–Crippen MR) is 70.1 cm³/mol. The van der Waals surface area contributed by atoms with Crippen molar-refractivity contribution in [3.05, 3.63) is 35.4 Å². The number of nitrogens with two attached hydrogens (primary N) is 1. The zero-order valence-electron chi connectivity index (χ0n) is 11.5. The Labute approximate surface area is 121 Å². The first kappa shape index (κ1) is 14.0. The topological polar surface area (TPSA) is 102 Å². The van der Waals surface area contributed by atoms with E-state index in [0.29, 0.717) is 11.1 Å². The van der Waals surface area contributed by atoms with E-state index >= 15 is 0 Å². The molecule has 0 spiro atoms. The SMILES string of the molecule is CN(N)[C@]12Cc3ccccc3[C@]1(O)OC(=O)CCC(=O)O2. The van der Waals surface area contributed by atoms with E-state index in [1.165, 1.54) is 7.05 Å². The Morgan fingerprint density at radius 1 is 1.19 bits per heavy atom. The van der Waals surface area contributed by atoms with Crippen molar-refractivity contribution in [2.24, 2.45) is 5.84 Å². The fourth-order valence-corrected chi connectivity index (χ4v) is 2.93. The van der Waals surface area contributed by atoms with Gasteiger partial charge < -0.3 is 14.6 Å². The fraction of sp³-hybridized carbons (Fsp3) is 0.429. The molecule has 1 heterocycles. The zero-order chi connectivity index (χ0) is 15.3. The van der Waals surface area contributed by atoms with Gasteiger partial charge in [0.1, 0.15) is 0 Å². The average molecular weight is 292 g/mol. The molecule has 1 aliphatic heterocycles. The number of fused-ring (bicyclic) bond motifs is 3. The predicted octanol–water partition coefficient (Wildman–Crippen LogP) is -0.230. The number of likely N-dealkylation sites (N-methyl/N-ethyl adjacent to an activating group) is 1. The molecule has 0 bridgehead atoms. The number of hydrogen-bond acceptors (Lipinski definition) is 7. The lowest BCUT2D eigenvalue weighted by Gasteiger charge is -2.44. The van der Waals surface area contributed by atoms with E-state index in [9.17, 15) is 14.7 Å². The van der Waals surface area contributed by atoms with E-state index in [-0.39, 0.29) is 19.3 Å². The lowest BCUT2D eigenvalue weighted by atomic mass is 10.0. The summed E-state index contributed by atoms with van der Waals surface area (Å²) < 4.78 is 10.7. The van der Waals surface area contributed by atoms with Crippen molar-refractivity contribution in [3.8, 4) is 0 Å². The first-order chi connectivity index (χ1) is 9.89. The Balaban J connectivity index is 2.20. The van der Waals surface area contributed by atoms with Gasteiger partial charge in [-0.15, -0.1) is 0 Å². The maximum Gasteiger partial charge on any atom is 0.309 e. The van der Waals surface area contributed by atoms with Gasteiger partial charge in [0, 0.05) is 19.0 Å². The molecule has 0 aromatic heterocycles. The highest BCUT2D eigenvalue weighted by Crippen LogP contribution is 2.49. The number of hydrazine groups is 1. The molecule has 7 heteroatoms. The van der Waals surface area contributed by atoms with Crippen LogP contribution >= 0.6 is 0 Å². The molecule has 0 amide bonds. The Morgan fingerprint density at radius 3 is 2.48 bits per heavy atom. The lowest BCUT2D eigenvalue weighted by molar-refractivity contribution is -0.335. The van der Waals surface area contributed by atoms with Crippen molar-refractivity contribution in [1.29, 1.82) is 0 Å². The van der Waals surface area contributed by atoms with Crippen LogP contribution in [0, 0.1) is 0 Å². The summed E-state index contributed by atoms with van der Waals surface area (Å²) in [4.78, 5) is 23.8. The van der Waals surface area contributed by atoms with Gasteiger partial charge in [-0.25, -0.2) is 5.01 Å². The minimum Gasteiger partial charge on any atom is -0.434 e. The third-order valence-electron chi connectivity index (χ3n) is 3.99. The number of esters is 2. The molecule has 0 radical (unpaired) electrons. The van der Waals surface area contributed by atoms with E-state index < -0.39 is 23.5 Å². The highest BCUT2D eigenvalue weighted by Gasteiger charge is 2.66. The first-order valence-corrected chi connectivity index (χ1v) is 6.62. The molecule has 1 saturated heterocycles. The molecule has 0 saturated carbocycles. The number of carbonyl (C=O) groups is 2. The number of rotatable bonds is 1. The summed E-state index contributed by atoms with van der Waals surface area (Å²) in [5.41, 5.74) is -0.575. The second kappa shape index (κ2) is 4.52. The first-order valence-electron chi connectivity index (χ1n) is 6.62. The van der Waals surface area contributed by atoms with Crippen molar-refractivity contribution in [2.45, 2.75) is 30.8 Å². The molecule has 3 rings (SSSR count). The van der Waals surface area contributed by atoms with Crippen molar-refractivity contribution < 1.29 is 24.2 Å². The molecule has 0 unspecified atom stereocenters. The highest BCUT2D eigenvalue weighted by atomic mass is 16.7. The Hall–Kier alpha value is -1.96. The van der Waals surface area contributed by atoms with Gasteiger partial charge in [-0.1, -0.05) is 24.3 Å². The third-order valence-corrected chi connectivity index (χ3v) is 3.99. The molecule has 1 aromatic carbocycles. The lowest BCUT2D eigenvalue weighted by Crippen LogP contribution is -2.66. The summed E-state index contributed by atoms with van der Waals surface area (Å²) in [6.07, 6.45) is -0.125. The molecule has 1 aromatic rings. The van der Waals surface area contributed by atoms with Crippen LogP contribution < -0.4 is 5.84 Å². The van der Waals surface area contributed by atoms with E-state index in [1.54, 1.807) is 24.3 Å². The van der Waals surface area contributed by atoms with Gasteiger partial charge in [0.05, 0.1) is 12.8 Å². The second-order valence-electron chi connectivity index (χ2n) is 5.32. The minimum atomic E-state index is -2.12. The maximum absolute atomic E-state index is 11.9. The van der Waals surface area contributed by atoms with E-state index in [4.69, 9.17) is 15.3 Å². The Morgan fingerprint density at radius 2 is 1.81 bits per heavy atom. The van der Waals surface area contributed by atoms with Gasteiger partial charge in [0.15, 0.2) is 0 Å². The normalized spacial score (nSPS) is 31.8. The van der Waals surface area contributed by atoms with Gasteiger partial charge in [-0.05, 0) is 5.56 Å². The summed E-state index contributed by atoms with van der Waals surface area (Å²) in [5, 5.41) is 12.1. The number of aliphatic hydroxyl groups is 1. The second-order valence-corrected chi connectivity index (χ2v) is 5.32. The fourth-order valence-electron chi connectivity index (χ4n) is 2.93.